The van der Waals surface area contributed by atoms with Crippen LogP contribution in [0.15, 0.2) is 21.0 Å². The van der Waals surface area contributed by atoms with Crippen LogP contribution in [0, 0.1) is 19.8 Å². The maximum absolute atomic E-state index is 12.6. The molecule has 24 heavy (non-hydrogen) atoms. The zero-order chi connectivity index (χ0) is 16.8. The SMILES string of the molecule is Cc1nc(NC(=O)N(Cc2ccc([C@H]3C[C@@H]3C)o2)C2CC2)oc1C. The molecule has 0 radical (unpaired) electrons. The molecule has 2 aliphatic carbocycles. The van der Waals surface area contributed by atoms with E-state index in [1.165, 1.54) is 6.42 Å². The number of nitrogens with zero attached hydrogens (tertiary/aromatic N) is 2. The normalized spacial score (nSPS) is 22.5. The van der Waals surface area contributed by atoms with Crippen LogP contribution in [0.3, 0.4) is 0 Å². The summed E-state index contributed by atoms with van der Waals surface area (Å²) in [6.07, 6.45) is 3.26. The van der Waals surface area contributed by atoms with Crippen LogP contribution < -0.4 is 5.32 Å². The lowest BCUT2D eigenvalue weighted by molar-refractivity contribution is 0.199. The predicted molar refractivity (Wildman–Crippen MR) is 88.8 cm³/mol. The Kier molecular flexibility index (Phi) is 3.62. The van der Waals surface area contributed by atoms with Crippen molar-refractivity contribution < 1.29 is 13.6 Å². The van der Waals surface area contributed by atoms with Gasteiger partial charge in [-0.15, -0.1) is 0 Å². The average molecular weight is 329 g/mol. The minimum absolute atomic E-state index is 0.184. The molecule has 6 heteroatoms. The van der Waals surface area contributed by atoms with Crippen LogP contribution in [0.4, 0.5) is 10.8 Å². The fourth-order valence-electron chi connectivity index (χ4n) is 3.01. The summed E-state index contributed by atoms with van der Waals surface area (Å²) in [6, 6.07) is 4.38. The summed E-state index contributed by atoms with van der Waals surface area (Å²) in [4.78, 5) is 18.6. The van der Waals surface area contributed by atoms with E-state index < -0.39 is 0 Å². The Bertz CT molecular complexity index is 740. The van der Waals surface area contributed by atoms with Crippen molar-refractivity contribution in [3.8, 4) is 0 Å². The standard InChI is InChI=1S/C18H23N3O3/c1-10-8-15(10)16-7-6-14(24-16)9-21(13-4-5-13)18(22)20-17-19-11(2)12(3)23-17/h6-7,10,13,15H,4-5,8-9H2,1-3H3,(H,19,20,22)/t10-,15-/m0/s1. The van der Waals surface area contributed by atoms with Crippen LogP contribution in [-0.2, 0) is 6.54 Å². The highest BCUT2D eigenvalue weighted by Crippen LogP contribution is 2.47. The van der Waals surface area contributed by atoms with Crippen molar-refractivity contribution >= 4 is 12.0 Å². The summed E-state index contributed by atoms with van der Waals surface area (Å²) in [5.74, 6) is 3.87. The highest BCUT2D eigenvalue weighted by molar-refractivity contribution is 5.87. The van der Waals surface area contributed by atoms with E-state index in [-0.39, 0.29) is 18.1 Å². The van der Waals surface area contributed by atoms with Gasteiger partial charge in [0.1, 0.15) is 17.3 Å². The average Bonchev–Trinajstić information content (AvgIpc) is 3.43. The Morgan fingerprint density at radius 2 is 2.08 bits per heavy atom. The molecule has 0 bridgehead atoms. The van der Waals surface area contributed by atoms with Crippen LogP contribution in [-0.4, -0.2) is 22.0 Å². The summed E-state index contributed by atoms with van der Waals surface area (Å²) >= 11 is 0. The minimum atomic E-state index is -0.184. The molecule has 2 aromatic rings. The first-order chi connectivity index (χ1) is 11.5. The van der Waals surface area contributed by atoms with Crippen LogP contribution in [0.2, 0.25) is 0 Å². The van der Waals surface area contributed by atoms with Crippen molar-refractivity contribution in [2.75, 3.05) is 5.32 Å². The number of furan rings is 1. The number of urea groups is 1. The Morgan fingerprint density at radius 1 is 1.33 bits per heavy atom. The summed E-state index contributed by atoms with van der Waals surface area (Å²) in [6.45, 7) is 6.41. The number of nitrogens with one attached hydrogen (secondary N) is 1. The second-order valence-electron chi connectivity index (χ2n) is 7.07. The molecule has 2 aromatic heterocycles. The van der Waals surface area contributed by atoms with E-state index in [1.807, 2.05) is 30.9 Å². The molecule has 0 aromatic carbocycles. The maximum Gasteiger partial charge on any atom is 0.326 e. The summed E-state index contributed by atoms with van der Waals surface area (Å²) < 4.78 is 11.4. The van der Waals surface area contributed by atoms with Gasteiger partial charge in [-0.25, -0.2) is 4.79 Å². The highest BCUT2D eigenvalue weighted by atomic mass is 16.4. The van der Waals surface area contributed by atoms with Crippen LogP contribution in [0.5, 0.6) is 0 Å². The van der Waals surface area contributed by atoms with Crippen molar-refractivity contribution in [2.24, 2.45) is 5.92 Å². The third-order valence-corrected chi connectivity index (χ3v) is 4.97. The third-order valence-electron chi connectivity index (χ3n) is 4.97. The van der Waals surface area contributed by atoms with E-state index in [4.69, 9.17) is 8.83 Å². The largest absolute Gasteiger partial charge is 0.464 e. The zero-order valence-electron chi connectivity index (χ0n) is 14.3. The summed E-state index contributed by atoms with van der Waals surface area (Å²) in [5, 5.41) is 2.76. The quantitative estimate of drug-likeness (QED) is 0.892. The number of hydrogen-bond donors (Lipinski definition) is 1. The maximum atomic E-state index is 12.6. The molecule has 6 nitrogen and oxygen atoms in total. The lowest BCUT2D eigenvalue weighted by atomic mass is 10.3. The van der Waals surface area contributed by atoms with E-state index in [2.05, 4.69) is 17.2 Å². The van der Waals surface area contributed by atoms with Gasteiger partial charge in [0.2, 0.25) is 0 Å². The van der Waals surface area contributed by atoms with E-state index in [1.54, 1.807) is 0 Å². The van der Waals surface area contributed by atoms with Crippen molar-refractivity contribution in [1.82, 2.24) is 9.88 Å². The number of carbonyl (C=O) groups is 1. The van der Waals surface area contributed by atoms with Crippen LogP contribution >= 0.6 is 0 Å². The molecule has 1 N–H and O–H groups in total. The lowest BCUT2D eigenvalue weighted by Gasteiger charge is -2.20. The molecule has 0 saturated heterocycles. The number of aromatic nitrogens is 1. The van der Waals surface area contributed by atoms with Gasteiger partial charge in [0.25, 0.3) is 0 Å². The molecule has 2 amide bonds. The highest BCUT2D eigenvalue weighted by Gasteiger charge is 2.37. The molecule has 4 rings (SSSR count). The topological polar surface area (TPSA) is 71.5 Å². The first-order valence-corrected chi connectivity index (χ1v) is 8.61. The van der Waals surface area contributed by atoms with Gasteiger partial charge in [-0.1, -0.05) is 6.92 Å². The van der Waals surface area contributed by atoms with E-state index in [9.17, 15) is 4.79 Å². The van der Waals surface area contributed by atoms with E-state index in [0.29, 0.717) is 18.4 Å². The van der Waals surface area contributed by atoms with Gasteiger partial charge in [0.05, 0.1) is 12.2 Å². The van der Waals surface area contributed by atoms with Crippen molar-refractivity contribution in [1.29, 1.82) is 0 Å². The molecule has 2 saturated carbocycles. The van der Waals surface area contributed by atoms with Crippen molar-refractivity contribution in [2.45, 2.75) is 58.5 Å². The fraction of sp³-hybridized carbons (Fsp3) is 0.556. The number of aryl methyl sites for hydroxylation is 2. The minimum Gasteiger partial charge on any atom is -0.464 e. The fourth-order valence-corrected chi connectivity index (χ4v) is 3.01. The van der Waals surface area contributed by atoms with Gasteiger partial charge in [-0.3, -0.25) is 5.32 Å². The van der Waals surface area contributed by atoms with Gasteiger partial charge >= 0.3 is 12.0 Å². The molecule has 2 atom stereocenters. The number of oxazole rings is 1. The van der Waals surface area contributed by atoms with Gasteiger partial charge in [0.15, 0.2) is 0 Å². The monoisotopic (exact) mass is 329 g/mol. The Balaban J connectivity index is 1.43. The lowest BCUT2D eigenvalue weighted by Crippen LogP contribution is -2.36. The van der Waals surface area contributed by atoms with Gasteiger partial charge in [0, 0.05) is 12.0 Å². The second kappa shape index (κ2) is 5.69. The molecular formula is C18H23N3O3. The molecule has 0 unspecified atom stereocenters. The number of anilines is 1. The first kappa shape index (κ1) is 15.3. The Morgan fingerprint density at radius 3 is 2.67 bits per heavy atom. The molecule has 128 valence electrons. The van der Waals surface area contributed by atoms with E-state index in [0.717, 1.165) is 35.8 Å². The van der Waals surface area contributed by atoms with Crippen molar-refractivity contribution in [3.63, 3.8) is 0 Å². The first-order valence-electron chi connectivity index (χ1n) is 8.61. The third kappa shape index (κ3) is 3.05. The number of rotatable bonds is 5. The van der Waals surface area contributed by atoms with Crippen LogP contribution in [0.25, 0.3) is 0 Å². The number of hydrogen-bond acceptors (Lipinski definition) is 4. The molecule has 2 aliphatic rings. The smallest absolute Gasteiger partial charge is 0.326 e. The molecule has 0 spiro atoms. The molecule has 0 aliphatic heterocycles. The summed E-state index contributed by atoms with van der Waals surface area (Å²) in [7, 11) is 0. The van der Waals surface area contributed by atoms with Crippen LogP contribution in [0.1, 0.15) is 55.1 Å². The predicted octanol–water partition coefficient (Wildman–Crippen LogP) is 4.20. The second-order valence-corrected chi connectivity index (χ2v) is 7.07. The molecule has 2 fully saturated rings. The Hall–Kier alpha value is -2.24. The molecular weight excluding hydrogens is 306 g/mol. The Labute approximate surface area is 141 Å². The number of amides is 2. The summed E-state index contributed by atoms with van der Waals surface area (Å²) in [5.41, 5.74) is 0.789. The zero-order valence-corrected chi connectivity index (χ0v) is 14.3. The van der Waals surface area contributed by atoms with Gasteiger partial charge < -0.3 is 13.7 Å². The van der Waals surface area contributed by atoms with Crippen molar-refractivity contribution in [3.05, 3.63) is 35.1 Å². The number of carbonyl (C=O) groups excluding carboxylic acids is 1. The van der Waals surface area contributed by atoms with Gasteiger partial charge in [-0.2, -0.15) is 4.98 Å². The van der Waals surface area contributed by atoms with Gasteiger partial charge in [-0.05, 0) is 51.2 Å². The van der Waals surface area contributed by atoms with E-state index >= 15 is 0 Å². The molecule has 2 heterocycles.